The van der Waals surface area contributed by atoms with Gasteiger partial charge in [-0.3, -0.25) is 4.79 Å². The standard InChI is InChI=1S/C16H19NO4/c18-14(19)16-7-6-12(9-16)8-13(16)17-15(20)21-10-11-4-2-1-3-5-11/h1-5,12-13H,6-10H2,(H,17,20)(H,18,19)/t12-,13+,16+/m1/s1. The number of rotatable bonds is 4. The van der Waals surface area contributed by atoms with Crippen molar-refractivity contribution in [1.29, 1.82) is 0 Å². The minimum Gasteiger partial charge on any atom is -0.481 e. The van der Waals surface area contributed by atoms with Gasteiger partial charge in [-0.05, 0) is 37.2 Å². The van der Waals surface area contributed by atoms with Crippen molar-refractivity contribution in [2.75, 3.05) is 0 Å². The highest BCUT2D eigenvalue weighted by Crippen LogP contribution is 2.54. The lowest BCUT2D eigenvalue weighted by Gasteiger charge is -2.31. The summed E-state index contributed by atoms with van der Waals surface area (Å²) in [6.07, 6.45) is 2.48. The third-order valence-corrected chi connectivity index (χ3v) is 4.82. The molecule has 2 fully saturated rings. The van der Waals surface area contributed by atoms with Crippen molar-refractivity contribution >= 4 is 12.1 Å². The lowest BCUT2D eigenvalue weighted by atomic mass is 9.80. The van der Waals surface area contributed by atoms with Crippen molar-refractivity contribution in [2.24, 2.45) is 11.3 Å². The number of benzene rings is 1. The van der Waals surface area contributed by atoms with E-state index in [0.29, 0.717) is 18.8 Å². The maximum atomic E-state index is 11.9. The molecule has 2 saturated carbocycles. The Labute approximate surface area is 123 Å². The zero-order valence-corrected chi connectivity index (χ0v) is 11.7. The van der Waals surface area contributed by atoms with E-state index in [2.05, 4.69) is 5.32 Å². The van der Waals surface area contributed by atoms with Crippen LogP contribution in [0.15, 0.2) is 30.3 Å². The molecule has 2 N–H and O–H groups in total. The summed E-state index contributed by atoms with van der Waals surface area (Å²) < 4.78 is 5.18. The van der Waals surface area contributed by atoms with Gasteiger partial charge in [0.25, 0.3) is 0 Å². The first-order valence-electron chi connectivity index (χ1n) is 7.31. The fourth-order valence-electron chi connectivity index (χ4n) is 3.70. The van der Waals surface area contributed by atoms with Crippen molar-refractivity contribution in [2.45, 2.75) is 38.3 Å². The van der Waals surface area contributed by atoms with E-state index in [4.69, 9.17) is 4.74 Å². The Hall–Kier alpha value is -2.04. The average Bonchev–Trinajstić information content (AvgIpc) is 3.05. The van der Waals surface area contributed by atoms with Crippen LogP contribution in [0.2, 0.25) is 0 Å². The highest BCUT2D eigenvalue weighted by Gasteiger charge is 2.57. The number of nitrogens with one attached hydrogen (secondary N) is 1. The van der Waals surface area contributed by atoms with Crippen molar-refractivity contribution < 1.29 is 19.4 Å². The summed E-state index contributed by atoms with van der Waals surface area (Å²) in [6.45, 7) is 0.197. The number of fused-ring (bicyclic) bond motifs is 2. The van der Waals surface area contributed by atoms with E-state index in [0.717, 1.165) is 18.4 Å². The van der Waals surface area contributed by atoms with Crippen LogP contribution in [0.1, 0.15) is 31.2 Å². The van der Waals surface area contributed by atoms with Crippen LogP contribution in [0.25, 0.3) is 0 Å². The Morgan fingerprint density at radius 3 is 2.76 bits per heavy atom. The maximum Gasteiger partial charge on any atom is 0.407 e. The second kappa shape index (κ2) is 5.39. The maximum absolute atomic E-state index is 11.9. The number of hydrogen-bond acceptors (Lipinski definition) is 3. The summed E-state index contributed by atoms with van der Waals surface area (Å²) in [6, 6.07) is 9.11. The molecule has 0 unspecified atom stereocenters. The van der Waals surface area contributed by atoms with Crippen LogP contribution in [0.4, 0.5) is 4.79 Å². The van der Waals surface area contributed by atoms with Crippen LogP contribution in [0.3, 0.4) is 0 Å². The van der Waals surface area contributed by atoms with Crippen LogP contribution in [-0.4, -0.2) is 23.2 Å². The zero-order chi connectivity index (χ0) is 14.9. The summed E-state index contributed by atoms with van der Waals surface area (Å²) >= 11 is 0. The predicted octanol–water partition coefficient (Wildman–Crippen LogP) is 2.56. The summed E-state index contributed by atoms with van der Waals surface area (Å²) in [5.74, 6) is -0.378. The molecule has 0 aliphatic heterocycles. The van der Waals surface area contributed by atoms with E-state index in [9.17, 15) is 14.7 Å². The van der Waals surface area contributed by atoms with E-state index in [1.807, 2.05) is 30.3 Å². The lowest BCUT2D eigenvalue weighted by molar-refractivity contribution is -0.149. The zero-order valence-electron chi connectivity index (χ0n) is 11.7. The van der Waals surface area contributed by atoms with Crippen LogP contribution in [0, 0.1) is 11.3 Å². The molecule has 3 atom stereocenters. The highest BCUT2D eigenvalue weighted by molar-refractivity contribution is 5.78. The van der Waals surface area contributed by atoms with Gasteiger partial charge < -0.3 is 15.2 Å². The number of carboxylic acids is 1. The average molecular weight is 289 g/mol. The largest absolute Gasteiger partial charge is 0.481 e. The van der Waals surface area contributed by atoms with Gasteiger partial charge in [0.2, 0.25) is 0 Å². The molecular weight excluding hydrogens is 270 g/mol. The Morgan fingerprint density at radius 1 is 1.33 bits per heavy atom. The van der Waals surface area contributed by atoms with Crippen molar-refractivity contribution in [3.8, 4) is 0 Å². The molecule has 0 radical (unpaired) electrons. The number of hydrogen-bond donors (Lipinski definition) is 2. The van der Waals surface area contributed by atoms with Gasteiger partial charge in [-0.2, -0.15) is 0 Å². The normalized spacial score (nSPS) is 30.1. The van der Waals surface area contributed by atoms with Gasteiger partial charge in [-0.1, -0.05) is 30.3 Å². The molecule has 5 heteroatoms. The molecule has 2 bridgehead atoms. The lowest BCUT2D eigenvalue weighted by Crippen LogP contribution is -2.49. The fraction of sp³-hybridized carbons (Fsp3) is 0.500. The van der Waals surface area contributed by atoms with Gasteiger partial charge in [0.15, 0.2) is 0 Å². The van der Waals surface area contributed by atoms with E-state index in [1.54, 1.807) is 0 Å². The number of ether oxygens (including phenoxy) is 1. The van der Waals surface area contributed by atoms with Crippen molar-refractivity contribution in [3.05, 3.63) is 35.9 Å². The van der Waals surface area contributed by atoms with Gasteiger partial charge in [0, 0.05) is 6.04 Å². The van der Waals surface area contributed by atoms with Gasteiger partial charge in [-0.25, -0.2) is 4.79 Å². The Balaban J connectivity index is 1.57. The molecule has 0 aromatic heterocycles. The SMILES string of the molecule is O=C(N[C@H]1C[C@H]2CC[C@]1(C(=O)O)C2)OCc1ccccc1. The molecule has 0 heterocycles. The van der Waals surface area contributed by atoms with Gasteiger partial charge in [-0.15, -0.1) is 0 Å². The topological polar surface area (TPSA) is 75.6 Å². The van der Waals surface area contributed by atoms with Gasteiger partial charge >= 0.3 is 12.1 Å². The second-order valence-electron chi connectivity index (χ2n) is 6.06. The Bertz CT molecular complexity index is 544. The number of alkyl carbamates (subject to hydrolysis) is 1. The number of aliphatic carboxylic acids is 1. The molecule has 1 aromatic rings. The number of carbonyl (C=O) groups excluding carboxylic acids is 1. The van der Waals surface area contributed by atoms with E-state index >= 15 is 0 Å². The summed E-state index contributed by atoms with van der Waals surface area (Å²) in [4.78, 5) is 23.4. The molecule has 3 rings (SSSR count). The first kappa shape index (κ1) is 13.9. The molecule has 0 spiro atoms. The van der Waals surface area contributed by atoms with E-state index in [-0.39, 0.29) is 12.6 Å². The van der Waals surface area contributed by atoms with Crippen LogP contribution in [-0.2, 0) is 16.1 Å². The summed E-state index contributed by atoms with van der Waals surface area (Å²) in [7, 11) is 0. The molecule has 112 valence electrons. The van der Waals surface area contributed by atoms with Crippen LogP contribution < -0.4 is 5.32 Å². The number of amides is 1. The second-order valence-corrected chi connectivity index (χ2v) is 6.06. The van der Waals surface area contributed by atoms with Crippen LogP contribution >= 0.6 is 0 Å². The summed E-state index contributed by atoms with van der Waals surface area (Å²) in [5.41, 5.74) is 0.129. The Morgan fingerprint density at radius 2 is 2.10 bits per heavy atom. The van der Waals surface area contributed by atoms with Gasteiger partial charge in [0.1, 0.15) is 6.61 Å². The smallest absolute Gasteiger partial charge is 0.407 e. The first-order valence-corrected chi connectivity index (χ1v) is 7.31. The van der Waals surface area contributed by atoms with Crippen molar-refractivity contribution in [3.63, 3.8) is 0 Å². The monoisotopic (exact) mass is 289 g/mol. The molecule has 2 aliphatic rings. The Kier molecular flexibility index (Phi) is 3.57. The summed E-state index contributed by atoms with van der Waals surface area (Å²) in [5, 5.41) is 12.3. The predicted molar refractivity (Wildman–Crippen MR) is 75.6 cm³/mol. The van der Waals surface area contributed by atoms with Crippen molar-refractivity contribution in [1.82, 2.24) is 5.32 Å². The van der Waals surface area contributed by atoms with Crippen LogP contribution in [0.5, 0.6) is 0 Å². The molecule has 0 saturated heterocycles. The quantitative estimate of drug-likeness (QED) is 0.893. The number of carboxylic acid groups (broad SMARTS) is 1. The fourth-order valence-corrected chi connectivity index (χ4v) is 3.70. The molecule has 21 heavy (non-hydrogen) atoms. The first-order chi connectivity index (χ1) is 10.1. The minimum atomic E-state index is -0.796. The minimum absolute atomic E-state index is 0.197. The molecular formula is C16H19NO4. The van der Waals surface area contributed by atoms with Gasteiger partial charge in [0.05, 0.1) is 5.41 Å². The third kappa shape index (κ3) is 2.60. The van der Waals surface area contributed by atoms with E-state index in [1.165, 1.54) is 0 Å². The molecule has 2 aliphatic carbocycles. The molecule has 5 nitrogen and oxygen atoms in total. The van der Waals surface area contributed by atoms with E-state index < -0.39 is 17.5 Å². The molecule has 1 amide bonds. The number of carbonyl (C=O) groups is 2. The third-order valence-electron chi connectivity index (χ3n) is 4.82. The molecule has 1 aromatic carbocycles. The highest BCUT2D eigenvalue weighted by atomic mass is 16.5.